The molecule has 19 heavy (non-hydrogen) atoms. The highest BCUT2D eigenvalue weighted by molar-refractivity contribution is 5.39. The Morgan fingerprint density at radius 1 is 1.21 bits per heavy atom. The van der Waals surface area contributed by atoms with Crippen molar-refractivity contribution in [1.29, 1.82) is 0 Å². The van der Waals surface area contributed by atoms with E-state index in [0.29, 0.717) is 5.92 Å². The van der Waals surface area contributed by atoms with Crippen LogP contribution in [-0.2, 0) is 9.47 Å². The van der Waals surface area contributed by atoms with Crippen LogP contribution < -0.4 is 0 Å². The van der Waals surface area contributed by atoms with E-state index >= 15 is 0 Å². The van der Waals surface area contributed by atoms with Crippen molar-refractivity contribution in [3.63, 3.8) is 0 Å². The molecule has 0 spiro atoms. The van der Waals surface area contributed by atoms with Gasteiger partial charge in [-0.25, -0.2) is 0 Å². The number of methoxy groups -OCH3 is 2. The summed E-state index contributed by atoms with van der Waals surface area (Å²) in [5, 5.41) is 11.3. The Morgan fingerprint density at radius 2 is 2.00 bits per heavy atom. The first-order valence-corrected chi connectivity index (χ1v) is 7.37. The van der Waals surface area contributed by atoms with Crippen LogP contribution in [0.2, 0.25) is 0 Å². The fraction of sp³-hybridized carbons (Fsp3) is 0.750. The molecule has 0 heterocycles. The van der Waals surface area contributed by atoms with E-state index in [9.17, 15) is 5.11 Å². The molecular formula is C16H22O3. The first-order chi connectivity index (χ1) is 9.15. The quantitative estimate of drug-likeness (QED) is 0.626. The Morgan fingerprint density at radius 3 is 2.53 bits per heavy atom. The van der Waals surface area contributed by atoms with Crippen molar-refractivity contribution in [1.82, 2.24) is 0 Å². The molecule has 4 rings (SSSR count). The molecule has 4 aliphatic carbocycles. The fourth-order valence-corrected chi connectivity index (χ4v) is 5.03. The number of aliphatic hydroxyl groups is 1. The van der Waals surface area contributed by atoms with Crippen molar-refractivity contribution in [2.45, 2.75) is 37.1 Å². The largest absolute Gasteiger partial charge is 0.385 e. The number of hydrogen-bond donors (Lipinski definition) is 1. The van der Waals surface area contributed by atoms with Gasteiger partial charge in [0.2, 0.25) is 0 Å². The lowest BCUT2D eigenvalue weighted by atomic mass is 9.67. The smallest absolute Gasteiger partial charge is 0.183 e. The Balaban J connectivity index is 1.72. The first-order valence-electron chi connectivity index (χ1n) is 7.37. The van der Waals surface area contributed by atoms with E-state index < -0.39 is 11.4 Å². The molecular weight excluding hydrogens is 240 g/mol. The SMILES string of the molecule is COC1(OC)C2C=CC1C(O)(C1=CCC3CCC13)C2. The van der Waals surface area contributed by atoms with E-state index in [1.807, 2.05) is 0 Å². The minimum absolute atomic E-state index is 0.0643. The molecule has 2 fully saturated rings. The van der Waals surface area contributed by atoms with E-state index in [-0.39, 0.29) is 11.8 Å². The first kappa shape index (κ1) is 12.1. The van der Waals surface area contributed by atoms with Gasteiger partial charge in [-0.3, -0.25) is 0 Å². The third-order valence-electron chi connectivity index (χ3n) is 6.13. The van der Waals surface area contributed by atoms with Gasteiger partial charge in [0.15, 0.2) is 5.79 Å². The van der Waals surface area contributed by atoms with Gasteiger partial charge >= 0.3 is 0 Å². The van der Waals surface area contributed by atoms with Crippen LogP contribution in [0.4, 0.5) is 0 Å². The van der Waals surface area contributed by atoms with Crippen LogP contribution in [0, 0.1) is 23.7 Å². The second kappa shape index (κ2) is 3.72. The summed E-state index contributed by atoms with van der Waals surface area (Å²) in [6.07, 6.45) is 11.0. The third-order valence-corrected chi connectivity index (χ3v) is 6.13. The van der Waals surface area contributed by atoms with Crippen molar-refractivity contribution in [2.75, 3.05) is 14.2 Å². The van der Waals surface area contributed by atoms with Gasteiger partial charge in [0.05, 0.1) is 11.5 Å². The molecule has 1 N–H and O–H groups in total. The maximum atomic E-state index is 11.3. The van der Waals surface area contributed by atoms with E-state index in [1.54, 1.807) is 14.2 Å². The Kier molecular flexibility index (Phi) is 2.37. The Hall–Kier alpha value is -0.640. The molecule has 3 nitrogen and oxygen atoms in total. The van der Waals surface area contributed by atoms with E-state index in [4.69, 9.17) is 9.47 Å². The molecule has 0 radical (unpaired) electrons. The number of ether oxygens (including phenoxy) is 2. The van der Waals surface area contributed by atoms with Gasteiger partial charge in [0.1, 0.15) is 0 Å². The summed E-state index contributed by atoms with van der Waals surface area (Å²) in [7, 11) is 3.38. The minimum Gasteiger partial charge on any atom is -0.385 e. The molecule has 0 aromatic carbocycles. The maximum absolute atomic E-state index is 11.3. The number of allylic oxidation sites excluding steroid dienone is 1. The average molecular weight is 262 g/mol. The topological polar surface area (TPSA) is 38.7 Å². The van der Waals surface area contributed by atoms with Crippen molar-refractivity contribution in [3.05, 3.63) is 23.8 Å². The molecule has 3 heteroatoms. The molecule has 0 aliphatic heterocycles. The zero-order valence-corrected chi connectivity index (χ0v) is 11.6. The summed E-state index contributed by atoms with van der Waals surface area (Å²) < 4.78 is 11.4. The number of fused-ring (bicyclic) bond motifs is 3. The standard InChI is InChI=1S/C16H22O3/c1-18-16(19-2)11-5-8-14(16)15(17,9-11)13-7-4-10-3-6-12(10)13/h5,7-8,10-12,14,17H,3-4,6,9H2,1-2H3. The molecule has 0 aromatic heterocycles. The molecule has 0 saturated heterocycles. The molecule has 5 unspecified atom stereocenters. The lowest BCUT2D eigenvalue weighted by Crippen LogP contribution is -2.47. The summed E-state index contributed by atoms with van der Waals surface area (Å²) >= 11 is 0. The highest BCUT2D eigenvalue weighted by Gasteiger charge is 2.67. The van der Waals surface area contributed by atoms with Gasteiger partial charge in [-0.2, -0.15) is 0 Å². The van der Waals surface area contributed by atoms with Gasteiger partial charge < -0.3 is 14.6 Å². The Bertz CT molecular complexity index is 463. The molecule has 4 aliphatic rings. The molecule has 2 bridgehead atoms. The predicted molar refractivity (Wildman–Crippen MR) is 71.3 cm³/mol. The summed E-state index contributed by atoms with van der Waals surface area (Å²) in [6, 6.07) is 0. The zero-order chi connectivity index (χ0) is 13.3. The monoisotopic (exact) mass is 262 g/mol. The van der Waals surface area contributed by atoms with Crippen LogP contribution in [-0.4, -0.2) is 30.7 Å². The summed E-state index contributed by atoms with van der Waals surface area (Å²) in [4.78, 5) is 0. The summed E-state index contributed by atoms with van der Waals surface area (Å²) in [6.45, 7) is 0. The van der Waals surface area contributed by atoms with Gasteiger partial charge in [-0.1, -0.05) is 18.2 Å². The highest BCUT2D eigenvalue weighted by atomic mass is 16.7. The Labute approximate surface area is 114 Å². The molecule has 104 valence electrons. The highest BCUT2D eigenvalue weighted by Crippen LogP contribution is 2.62. The van der Waals surface area contributed by atoms with Crippen LogP contribution in [0.1, 0.15) is 25.7 Å². The third kappa shape index (κ3) is 1.24. The lowest BCUT2D eigenvalue weighted by Gasteiger charge is -2.42. The van der Waals surface area contributed by atoms with E-state index in [1.165, 1.54) is 18.4 Å². The summed E-state index contributed by atoms with van der Waals surface area (Å²) in [5.41, 5.74) is 0.532. The molecule has 0 aromatic rings. The summed E-state index contributed by atoms with van der Waals surface area (Å²) in [5.74, 6) is 0.853. The number of rotatable bonds is 3. The molecule has 0 amide bonds. The second-order valence-electron chi connectivity index (χ2n) is 6.57. The molecule has 5 atom stereocenters. The predicted octanol–water partition coefficient (Wildman–Crippen LogP) is 2.27. The number of hydrogen-bond acceptors (Lipinski definition) is 3. The lowest BCUT2D eigenvalue weighted by molar-refractivity contribution is -0.238. The zero-order valence-electron chi connectivity index (χ0n) is 11.6. The maximum Gasteiger partial charge on any atom is 0.183 e. The van der Waals surface area contributed by atoms with Crippen LogP contribution >= 0.6 is 0 Å². The van der Waals surface area contributed by atoms with E-state index in [0.717, 1.165) is 18.8 Å². The van der Waals surface area contributed by atoms with Crippen molar-refractivity contribution >= 4 is 0 Å². The minimum atomic E-state index is -0.745. The van der Waals surface area contributed by atoms with Gasteiger partial charge in [-0.15, -0.1) is 0 Å². The van der Waals surface area contributed by atoms with E-state index in [2.05, 4.69) is 18.2 Å². The molecule has 2 saturated carbocycles. The fourth-order valence-electron chi connectivity index (χ4n) is 5.03. The van der Waals surface area contributed by atoms with Gasteiger partial charge in [0, 0.05) is 20.1 Å². The second-order valence-corrected chi connectivity index (χ2v) is 6.57. The van der Waals surface area contributed by atoms with Crippen LogP contribution in [0.5, 0.6) is 0 Å². The normalized spacial score (nSPS) is 49.1. The van der Waals surface area contributed by atoms with Crippen LogP contribution in [0.3, 0.4) is 0 Å². The van der Waals surface area contributed by atoms with Gasteiger partial charge in [0.25, 0.3) is 0 Å². The average Bonchev–Trinajstić information content (AvgIpc) is 2.96. The van der Waals surface area contributed by atoms with Crippen molar-refractivity contribution in [2.24, 2.45) is 23.7 Å². The van der Waals surface area contributed by atoms with Crippen LogP contribution in [0.15, 0.2) is 23.8 Å². The van der Waals surface area contributed by atoms with Crippen molar-refractivity contribution < 1.29 is 14.6 Å². The van der Waals surface area contributed by atoms with Gasteiger partial charge in [-0.05, 0) is 43.1 Å². The van der Waals surface area contributed by atoms with Crippen molar-refractivity contribution in [3.8, 4) is 0 Å². The van der Waals surface area contributed by atoms with Crippen LogP contribution in [0.25, 0.3) is 0 Å².